The van der Waals surface area contributed by atoms with Crippen molar-refractivity contribution in [3.8, 4) is 0 Å². The molecule has 1 amide bonds. The van der Waals surface area contributed by atoms with Crippen LogP contribution in [0.15, 0.2) is 54.6 Å². The lowest BCUT2D eigenvalue weighted by Gasteiger charge is -2.06. The quantitative estimate of drug-likeness (QED) is 0.593. The Labute approximate surface area is 155 Å². The average Bonchev–Trinajstić information content (AvgIpc) is 3.00. The van der Waals surface area contributed by atoms with E-state index in [4.69, 9.17) is 4.98 Å². The molecular weight excluding hydrogens is 322 g/mol. The van der Waals surface area contributed by atoms with E-state index in [1.165, 1.54) is 11.1 Å². The first-order valence-electron chi connectivity index (χ1n) is 9.45. The van der Waals surface area contributed by atoms with E-state index < -0.39 is 0 Å². The smallest absolute Gasteiger partial charge is 0.220 e. The van der Waals surface area contributed by atoms with Gasteiger partial charge in [0.1, 0.15) is 5.82 Å². The highest BCUT2D eigenvalue weighted by Crippen LogP contribution is 2.15. The largest absolute Gasteiger partial charge is 0.356 e. The van der Waals surface area contributed by atoms with Gasteiger partial charge in [-0.15, -0.1) is 0 Å². The standard InChI is InChI=1S/C22H27N3O/c1-25-20-13-8-7-12-19(20)24-21(25)14-6-3-9-17-23-22(26)16-15-18-10-4-2-5-11-18/h2,4-5,7-8,10-13H,3,6,9,14-17H2,1H3,(H,23,26). The number of aryl methyl sites for hydroxylation is 3. The van der Waals surface area contributed by atoms with Crippen LogP contribution in [0.25, 0.3) is 11.0 Å². The number of fused-ring (bicyclic) bond motifs is 1. The summed E-state index contributed by atoms with van der Waals surface area (Å²) in [6, 6.07) is 18.4. The topological polar surface area (TPSA) is 46.9 Å². The summed E-state index contributed by atoms with van der Waals surface area (Å²) < 4.78 is 2.18. The first kappa shape index (κ1) is 18.2. The van der Waals surface area contributed by atoms with Crippen LogP contribution in [0.5, 0.6) is 0 Å². The van der Waals surface area contributed by atoms with Gasteiger partial charge in [-0.05, 0) is 37.0 Å². The van der Waals surface area contributed by atoms with Crippen LogP contribution in [0.3, 0.4) is 0 Å². The van der Waals surface area contributed by atoms with E-state index in [0.29, 0.717) is 6.42 Å². The van der Waals surface area contributed by atoms with Crippen LogP contribution in [0.1, 0.15) is 37.1 Å². The summed E-state index contributed by atoms with van der Waals surface area (Å²) in [6.07, 6.45) is 5.55. The number of amides is 1. The van der Waals surface area contributed by atoms with E-state index in [1.807, 2.05) is 30.3 Å². The lowest BCUT2D eigenvalue weighted by molar-refractivity contribution is -0.121. The van der Waals surface area contributed by atoms with Crippen LogP contribution in [0, 0.1) is 0 Å². The number of hydrogen-bond donors (Lipinski definition) is 1. The summed E-state index contributed by atoms with van der Waals surface area (Å²) in [5.74, 6) is 1.28. The molecule has 1 N–H and O–H groups in total. The number of carbonyl (C=O) groups is 1. The molecule has 0 saturated carbocycles. The highest BCUT2D eigenvalue weighted by atomic mass is 16.1. The fourth-order valence-corrected chi connectivity index (χ4v) is 3.22. The highest BCUT2D eigenvalue weighted by Gasteiger charge is 2.06. The normalized spacial score (nSPS) is 11.0. The number of benzene rings is 2. The zero-order chi connectivity index (χ0) is 18.2. The van der Waals surface area contributed by atoms with Crippen LogP contribution in [-0.4, -0.2) is 22.0 Å². The van der Waals surface area contributed by atoms with Crippen molar-refractivity contribution in [2.45, 2.75) is 38.5 Å². The number of para-hydroxylation sites is 2. The summed E-state index contributed by atoms with van der Waals surface area (Å²) in [6.45, 7) is 0.760. The second kappa shape index (κ2) is 9.18. The lowest BCUT2D eigenvalue weighted by atomic mass is 10.1. The van der Waals surface area contributed by atoms with Crippen molar-refractivity contribution in [3.05, 3.63) is 66.0 Å². The molecule has 4 heteroatoms. The van der Waals surface area contributed by atoms with Gasteiger partial charge in [0.2, 0.25) is 5.91 Å². The van der Waals surface area contributed by atoms with E-state index in [0.717, 1.165) is 50.0 Å². The molecule has 0 fully saturated rings. The van der Waals surface area contributed by atoms with Crippen LogP contribution < -0.4 is 5.32 Å². The zero-order valence-corrected chi connectivity index (χ0v) is 15.4. The minimum Gasteiger partial charge on any atom is -0.356 e. The van der Waals surface area contributed by atoms with Crippen LogP contribution in [0.2, 0.25) is 0 Å². The Morgan fingerprint density at radius 2 is 1.73 bits per heavy atom. The van der Waals surface area contributed by atoms with Crippen molar-refractivity contribution >= 4 is 16.9 Å². The number of unbranched alkanes of at least 4 members (excludes halogenated alkanes) is 2. The molecule has 0 radical (unpaired) electrons. The zero-order valence-electron chi connectivity index (χ0n) is 15.4. The number of imidazole rings is 1. The molecule has 0 spiro atoms. The molecule has 0 saturated heterocycles. The molecule has 0 aliphatic carbocycles. The summed E-state index contributed by atoms with van der Waals surface area (Å²) >= 11 is 0. The van der Waals surface area contributed by atoms with Crippen LogP contribution in [0.4, 0.5) is 0 Å². The maximum Gasteiger partial charge on any atom is 0.220 e. The van der Waals surface area contributed by atoms with E-state index in [9.17, 15) is 4.79 Å². The van der Waals surface area contributed by atoms with Crippen molar-refractivity contribution in [2.75, 3.05) is 6.54 Å². The predicted octanol–water partition coefficient (Wildman–Crippen LogP) is 4.04. The Morgan fingerprint density at radius 3 is 2.54 bits per heavy atom. The number of hydrogen-bond acceptors (Lipinski definition) is 2. The minimum atomic E-state index is 0.143. The Kier molecular flexibility index (Phi) is 6.42. The number of carbonyl (C=O) groups excluding carboxylic acids is 1. The number of nitrogens with one attached hydrogen (secondary N) is 1. The van der Waals surface area contributed by atoms with E-state index in [1.54, 1.807) is 0 Å². The molecule has 0 atom stereocenters. The minimum absolute atomic E-state index is 0.143. The Hall–Kier alpha value is -2.62. The fourth-order valence-electron chi connectivity index (χ4n) is 3.22. The molecule has 3 aromatic rings. The van der Waals surface area contributed by atoms with Gasteiger partial charge in [0, 0.05) is 26.4 Å². The summed E-state index contributed by atoms with van der Waals surface area (Å²) in [5, 5.41) is 3.02. The molecule has 0 bridgehead atoms. The fraction of sp³-hybridized carbons (Fsp3) is 0.364. The second-order valence-electron chi connectivity index (χ2n) is 6.72. The molecule has 0 aliphatic heterocycles. The third-order valence-corrected chi connectivity index (χ3v) is 4.76. The number of rotatable bonds is 9. The Balaban J connectivity index is 1.30. The third kappa shape index (κ3) is 4.94. The Morgan fingerprint density at radius 1 is 0.962 bits per heavy atom. The summed E-state index contributed by atoms with van der Waals surface area (Å²) in [7, 11) is 2.08. The van der Waals surface area contributed by atoms with Gasteiger partial charge in [-0.3, -0.25) is 4.79 Å². The average molecular weight is 349 g/mol. The molecule has 3 rings (SSSR count). The maximum absolute atomic E-state index is 11.9. The Bertz CT molecular complexity index is 839. The molecule has 4 nitrogen and oxygen atoms in total. The first-order valence-corrected chi connectivity index (χ1v) is 9.45. The molecular formula is C22H27N3O. The monoisotopic (exact) mass is 349 g/mol. The molecule has 2 aromatic carbocycles. The van der Waals surface area contributed by atoms with Gasteiger partial charge in [-0.2, -0.15) is 0 Å². The van der Waals surface area contributed by atoms with Crippen molar-refractivity contribution in [2.24, 2.45) is 7.05 Å². The van der Waals surface area contributed by atoms with Gasteiger partial charge in [0.25, 0.3) is 0 Å². The van der Waals surface area contributed by atoms with Crippen molar-refractivity contribution in [1.29, 1.82) is 0 Å². The highest BCUT2D eigenvalue weighted by molar-refractivity contribution is 5.76. The number of aromatic nitrogens is 2. The SMILES string of the molecule is Cn1c(CCCCCNC(=O)CCc2ccccc2)nc2ccccc21. The van der Waals surface area contributed by atoms with Gasteiger partial charge < -0.3 is 9.88 Å². The van der Waals surface area contributed by atoms with E-state index in [2.05, 4.69) is 41.2 Å². The molecule has 1 heterocycles. The first-order chi connectivity index (χ1) is 12.7. The van der Waals surface area contributed by atoms with Gasteiger partial charge in [0.05, 0.1) is 11.0 Å². The maximum atomic E-state index is 11.9. The van der Waals surface area contributed by atoms with Crippen molar-refractivity contribution < 1.29 is 4.79 Å². The molecule has 26 heavy (non-hydrogen) atoms. The molecule has 0 aliphatic rings. The second-order valence-corrected chi connectivity index (χ2v) is 6.72. The number of nitrogens with zero attached hydrogens (tertiary/aromatic N) is 2. The van der Waals surface area contributed by atoms with E-state index >= 15 is 0 Å². The van der Waals surface area contributed by atoms with Crippen LogP contribution in [-0.2, 0) is 24.7 Å². The van der Waals surface area contributed by atoms with Gasteiger partial charge in [0.15, 0.2) is 0 Å². The third-order valence-electron chi connectivity index (χ3n) is 4.76. The van der Waals surface area contributed by atoms with Gasteiger partial charge in [-0.25, -0.2) is 4.98 Å². The summed E-state index contributed by atoms with van der Waals surface area (Å²) in [4.78, 5) is 16.6. The predicted molar refractivity (Wildman–Crippen MR) is 106 cm³/mol. The summed E-state index contributed by atoms with van der Waals surface area (Å²) in [5.41, 5.74) is 3.47. The molecule has 1 aromatic heterocycles. The molecule has 0 unspecified atom stereocenters. The lowest BCUT2D eigenvalue weighted by Crippen LogP contribution is -2.24. The van der Waals surface area contributed by atoms with Crippen molar-refractivity contribution in [3.63, 3.8) is 0 Å². The van der Waals surface area contributed by atoms with Crippen molar-refractivity contribution in [1.82, 2.24) is 14.9 Å². The van der Waals surface area contributed by atoms with E-state index in [-0.39, 0.29) is 5.91 Å². The van der Waals surface area contributed by atoms with Gasteiger partial charge >= 0.3 is 0 Å². The van der Waals surface area contributed by atoms with Gasteiger partial charge in [-0.1, -0.05) is 48.9 Å². The van der Waals surface area contributed by atoms with Crippen LogP contribution >= 0.6 is 0 Å². The molecule has 136 valence electrons.